The summed E-state index contributed by atoms with van der Waals surface area (Å²) in [7, 11) is 1.18. The predicted molar refractivity (Wildman–Crippen MR) is 164 cm³/mol. The molecule has 0 bridgehead atoms. The molecule has 1 aliphatic heterocycles. The zero-order valence-electron chi connectivity index (χ0n) is 26.7. The lowest BCUT2D eigenvalue weighted by Crippen LogP contribution is -2.63. The Bertz CT molecular complexity index is 1320. The van der Waals surface area contributed by atoms with Crippen molar-refractivity contribution in [2.45, 2.75) is 77.9 Å². The largest absolute Gasteiger partial charge is 0.491 e. The molecule has 2 atom stereocenters. The van der Waals surface area contributed by atoms with E-state index in [-0.39, 0.29) is 38.8 Å². The van der Waals surface area contributed by atoms with Gasteiger partial charge in [0.25, 0.3) is 0 Å². The van der Waals surface area contributed by atoms with Gasteiger partial charge in [-0.05, 0) is 57.9 Å². The molecule has 3 amide bonds. The molecule has 2 aromatic rings. The summed E-state index contributed by atoms with van der Waals surface area (Å²) in [6.07, 6.45) is -1.21. The lowest BCUT2D eigenvalue weighted by Gasteiger charge is -2.41. The molecule has 0 unspecified atom stereocenters. The van der Waals surface area contributed by atoms with E-state index in [1.807, 2.05) is 32.0 Å². The van der Waals surface area contributed by atoms with Crippen molar-refractivity contribution in [1.82, 2.24) is 15.1 Å². The van der Waals surface area contributed by atoms with Gasteiger partial charge in [0, 0.05) is 19.5 Å². The van der Waals surface area contributed by atoms with Gasteiger partial charge in [0.2, 0.25) is 11.8 Å². The van der Waals surface area contributed by atoms with Crippen molar-refractivity contribution in [3.63, 3.8) is 0 Å². The Labute approximate surface area is 263 Å². The number of hydrogen-bond donors (Lipinski definition) is 1. The van der Waals surface area contributed by atoms with Crippen molar-refractivity contribution >= 4 is 29.8 Å². The molecule has 1 fully saturated rings. The molecule has 45 heavy (non-hydrogen) atoms. The molecule has 1 aliphatic rings. The summed E-state index contributed by atoms with van der Waals surface area (Å²) in [6, 6.07) is 13.8. The highest BCUT2D eigenvalue weighted by atomic mass is 16.6. The smallest absolute Gasteiger partial charge is 0.408 e. The molecule has 0 radical (unpaired) electrons. The van der Waals surface area contributed by atoms with E-state index in [9.17, 15) is 24.0 Å². The van der Waals surface area contributed by atoms with Gasteiger partial charge in [0.05, 0.1) is 19.6 Å². The number of nitrogens with one attached hydrogen (secondary N) is 1. The summed E-state index contributed by atoms with van der Waals surface area (Å²) in [4.78, 5) is 67.9. The number of methoxy groups -OCH3 is 1. The van der Waals surface area contributed by atoms with Crippen LogP contribution in [0.25, 0.3) is 0 Å². The van der Waals surface area contributed by atoms with Gasteiger partial charge >= 0.3 is 18.0 Å². The average Bonchev–Trinajstić information content (AvgIpc) is 2.97. The first kappa shape index (κ1) is 34.9. The highest BCUT2D eigenvalue weighted by molar-refractivity contribution is 5.95. The van der Waals surface area contributed by atoms with Crippen molar-refractivity contribution in [3.8, 4) is 5.75 Å². The van der Waals surface area contributed by atoms with Gasteiger partial charge in [-0.25, -0.2) is 4.79 Å². The van der Waals surface area contributed by atoms with Gasteiger partial charge in [0.1, 0.15) is 36.6 Å². The van der Waals surface area contributed by atoms with Crippen LogP contribution < -0.4 is 10.1 Å². The van der Waals surface area contributed by atoms with Crippen molar-refractivity contribution < 1.29 is 42.9 Å². The van der Waals surface area contributed by atoms with E-state index >= 15 is 0 Å². The van der Waals surface area contributed by atoms with Crippen molar-refractivity contribution in [2.24, 2.45) is 0 Å². The molecular formula is C33H43N3O9. The Morgan fingerprint density at radius 1 is 0.933 bits per heavy atom. The third-order valence-corrected chi connectivity index (χ3v) is 6.73. The van der Waals surface area contributed by atoms with Crippen LogP contribution in [-0.2, 0) is 46.4 Å². The minimum absolute atomic E-state index is 0.00738. The minimum atomic E-state index is -1.26. The number of piperazine rings is 1. The SMILES string of the molecule is COC(=O)C[C@H]1C(=O)N(CC(=O)OC(C)(C)C)CCN1C(=O)[C@H](Cc1ccc(OC(C)C)cc1)NC(=O)OCc1ccccc1. The van der Waals surface area contributed by atoms with Gasteiger partial charge in [0.15, 0.2) is 0 Å². The van der Waals surface area contributed by atoms with Crippen LogP contribution in [0.3, 0.4) is 0 Å². The maximum atomic E-state index is 14.1. The number of esters is 2. The fraction of sp³-hybridized carbons (Fsp3) is 0.485. The first-order valence-electron chi connectivity index (χ1n) is 14.9. The fourth-order valence-electron chi connectivity index (χ4n) is 4.75. The number of amides is 3. The highest BCUT2D eigenvalue weighted by Crippen LogP contribution is 2.21. The Balaban J connectivity index is 1.83. The number of alkyl carbamates (subject to hydrolysis) is 1. The van der Waals surface area contributed by atoms with E-state index in [2.05, 4.69) is 5.32 Å². The van der Waals surface area contributed by atoms with E-state index < -0.39 is 54.0 Å². The third-order valence-electron chi connectivity index (χ3n) is 6.73. The standard InChI is InChI=1S/C33H43N3O9/c1-22(2)44-25-14-12-23(13-15-25)18-26(34-32(41)43-21-24-10-8-7-9-11-24)30(39)36-17-16-35(20-29(38)45-33(3,4)5)31(40)27(36)19-28(37)42-6/h7-15,22,26-27H,16-21H2,1-6H3,(H,34,41)/t26-,27-/m0/s1. The van der Waals surface area contributed by atoms with E-state index in [4.69, 9.17) is 18.9 Å². The number of rotatable bonds is 12. The highest BCUT2D eigenvalue weighted by Gasteiger charge is 2.42. The van der Waals surface area contributed by atoms with Gasteiger partial charge < -0.3 is 34.1 Å². The maximum Gasteiger partial charge on any atom is 0.408 e. The van der Waals surface area contributed by atoms with Crippen LogP contribution in [0, 0.1) is 0 Å². The topological polar surface area (TPSA) is 141 Å². The summed E-state index contributed by atoms with van der Waals surface area (Å²) in [5.41, 5.74) is 0.726. The maximum absolute atomic E-state index is 14.1. The second-order valence-corrected chi connectivity index (χ2v) is 11.9. The Kier molecular flexibility index (Phi) is 12.3. The van der Waals surface area contributed by atoms with Crippen LogP contribution in [0.15, 0.2) is 54.6 Å². The monoisotopic (exact) mass is 625 g/mol. The normalized spacial score (nSPS) is 15.7. The molecule has 12 nitrogen and oxygen atoms in total. The molecular weight excluding hydrogens is 582 g/mol. The fourth-order valence-corrected chi connectivity index (χ4v) is 4.75. The quantitative estimate of drug-likeness (QED) is 0.278. The molecule has 0 aliphatic carbocycles. The van der Waals surface area contributed by atoms with Gasteiger partial charge in [-0.3, -0.25) is 19.2 Å². The molecule has 0 spiro atoms. The summed E-state index contributed by atoms with van der Waals surface area (Å²) in [5, 5.41) is 2.65. The summed E-state index contributed by atoms with van der Waals surface area (Å²) < 4.78 is 21.3. The number of hydrogen-bond acceptors (Lipinski definition) is 9. The van der Waals surface area contributed by atoms with Gasteiger partial charge in [-0.1, -0.05) is 42.5 Å². The molecule has 1 saturated heterocycles. The van der Waals surface area contributed by atoms with Crippen LogP contribution in [0.5, 0.6) is 5.75 Å². The molecule has 1 N–H and O–H groups in total. The second kappa shape index (κ2) is 15.9. The zero-order valence-corrected chi connectivity index (χ0v) is 26.7. The van der Waals surface area contributed by atoms with E-state index in [0.29, 0.717) is 11.3 Å². The summed E-state index contributed by atoms with van der Waals surface area (Å²) in [6.45, 7) is 8.64. The predicted octanol–water partition coefficient (Wildman–Crippen LogP) is 3.26. The molecule has 12 heteroatoms. The molecule has 3 rings (SSSR count). The first-order chi connectivity index (χ1) is 21.3. The Morgan fingerprint density at radius 2 is 1.60 bits per heavy atom. The molecule has 0 aromatic heterocycles. The van der Waals surface area contributed by atoms with Gasteiger partial charge in [-0.2, -0.15) is 0 Å². The van der Waals surface area contributed by atoms with Crippen LogP contribution in [0.2, 0.25) is 0 Å². The van der Waals surface area contributed by atoms with Crippen LogP contribution >= 0.6 is 0 Å². The molecule has 244 valence electrons. The number of carbonyl (C=O) groups is 5. The second-order valence-electron chi connectivity index (χ2n) is 11.9. The lowest BCUT2D eigenvalue weighted by molar-refractivity contribution is -0.164. The lowest BCUT2D eigenvalue weighted by atomic mass is 10.0. The molecule has 2 aromatic carbocycles. The number of benzene rings is 2. The van der Waals surface area contributed by atoms with Crippen molar-refractivity contribution in [2.75, 3.05) is 26.7 Å². The van der Waals surface area contributed by atoms with Crippen molar-refractivity contribution in [3.05, 3.63) is 65.7 Å². The molecule has 1 heterocycles. The average molecular weight is 626 g/mol. The van der Waals surface area contributed by atoms with Gasteiger partial charge in [-0.15, -0.1) is 0 Å². The third kappa shape index (κ3) is 11.1. The first-order valence-corrected chi connectivity index (χ1v) is 14.9. The Morgan fingerprint density at radius 3 is 2.20 bits per heavy atom. The van der Waals surface area contributed by atoms with E-state index in [1.54, 1.807) is 57.2 Å². The minimum Gasteiger partial charge on any atom is -0.491 e. The number of ether oxygens (including phenoxy) is 4. The van der Waals surface area contributed by atoms with E-state index in [1.165, 1.54) is 16.9 Å². The van der Waals surface area contributed by atoms with Crippen molar-refractivity contribution in [1.29, 1.82) is 0 Å². The zero-order chi connectivity index (χ0) is 33.1. The Hall–Kier alpha value is -4.61. The van der Waals surface area contributed by atoms with E-state index in [0.717, 1.165) is 5.56 Å². The summed E-state index contributed by atoms with van der Waals surface area (Å²) >= 11 is 0. The van der Waals surface area contributed by atoms with Crippen LogP contribution in [-0.4, -0.2) is 90.2 Å². The van der Waals surface area contributed by atoms with Crippen LogP contribution in [0.4, 0.5) is 4.79 Å². The number of nitrogens with zero attached hydrogens (tertiary/aromatic N) is 2. The summed E-state index contributed by atoms with van der Waals surface area (Å²) in [5.74, 6) is -1.87. The number of carbonyl (C=O) groups excluding carboxylic acids is 5. The van der Waals surface area contributed by atoms with Crippen LogP contribution in [0.1, 0.15) is 52.2 Å². The molecule has 0 saturated carbocycles.